The van der Waals surface area contributed by atoms with E-state index in [9.17, 15) is 9.59 Å². The first-order chi connectivity index (χ1) is 11.5. The van der Waals surface area contributed by atoms with Crippen molar-refractivity contribution in [2.24, 2.45) is 5.73 Å². The Balaban J connectivity index is 1.91. The number of benzene rings is 2. The maximum absolute atomic E-state index is 12.1. The van der Waals surface area contributed by atoms with E-state index < -0.39 is 6.03 Å². The minimum absolute atomic E-state index is 0.113. The molecule has 0 saturated carbocycles. The number of amides is 3. The predicted octanol–water partition coefficient (Wildman–Crippen LogP) is 3.52. The third-order valence-electron chi connectivity index (χ3n) is 3.27. The van der Waals surface area contributed by atoms with Crippen molar-refractivity contribution >= 4 is 39.2 Å². The van der Waals surface area contributed by atoms with Gasteiger partial charge in [0, 0.05) is 17.8 Å². The first-order valence-electron chi connectivity index (χ1n) is 7.26. The van der Waals surface area contributed by atoms with Gasteiger partial charge in [-0.1, -0.05) is 12.1 Å². The number of anilines is 2. The minimum atomic E-state index is -0.649. The first kappa shape index (κ1) is 17.8. The van der Waals surface area contributed by atoms with Crippen molar-refractivity contribution in [3.63, 3.8) is 0 Å². The molecule has 6 nitrogen and oxygen atoms in total. The van der Waals surface area contributed by atoms with Gasteiger partial charge in [0.2, 0.25) is 5.91 Å². The normalized spacial score (nSPS) is 10.1. The van der Waals surface area contributed by atoms with Gasteiger partial charge in [0.05, 0.1) is 11.6 Å². The second-order valence-corrected chi connectivity index (χ2v) is 5.94. The highest BCUT2D eigenvalue weighted by Crippen LogP contribution is 2.26. The van der Waals surface area contributed by atoms with Crippen molar-refractivity contribution < 1.29 is 14.3 Å². The number of nitrogens with one attached hydrogen (secondary N) is 2. The highest BCUT2D eigenvalue weighted by molar-refractivity contribution is 9.10. The van der Waals surface area contributed by atoms with Gasteiger partial charge >= 0.3 is 6.03 Å². The number of carbonyl (C=O) groups excluding carboxylic acids is 2. The lowest BCUT2D eigenvalue weighted by Gasteiger charge is -2.09. The van der Waals surface area contributed by atoms with E-state index in [1.54, 1.807) is 31.4 Å². The molecule has 7 heteroatoms. The molecular formula is C17H18BrN3O3. The summed E-state index contributed by atoms with van der Waals surface area (Å²) in [6.45, 7) is 0. The van der Waals surface area contributed by atoms with Crippen molar-refractivity contribution in [2.45, 2.75) is 12.8 Å². The van der Waals surface area contributed by atoms with Gasteiger partial charge in [-0.3, -0.25) is 4.79 Å². The van der Waals surface area contributed by atoms with E-state index >= 15 is 0 Å². The van der Waals surface area contributed by atoms with E-state index in [4.69, 9.17) is 10.5 Å². The fraction of sp³-hybridized carbons (Fsp3) is 0.176. The molecule has 0 fully saturated rings. The van der Waals surface area contributed by atoms with Gasteiger partial charge in [-0.15, -0.1) is 0 Å². The van der Waals surface area contributed by atoms with E-state index in [2.05, 4.69) is 26.6 Å². The average Bonchev–Trinajstić information content (AvgIpc) is 2.53. The molecule has 3 amide bonds. The van der Waals surface area contributed by atoms with Crippen LogP contribution in [-0.2, 0) is 11.2 Å². The molecule has 24 heavy (non-hydrogen) atoms. The molecule has 0 saturated heterocycles. The van der Waals surface area contributed by atoms with Gasteiger partial charge in [-0.2, -0.15) is 0 Å². The molecule has 2 aromatic rings. The average molecular weight is 392 g/mol. The SMILES string of the molecule is COc1ccc(CCC(=O)Nc2cccc(NC(N)=O)c2)cc1Br. The van der Waals surface area contributed by atoms with Crippen LogP contribution in [0.1, 0.15) is 12.0 Å². The van der Waals surface area contributed by atoms with Gasteiger partial charge in [0.25, 0.3) is 0 Å². The molecule has 0 aliphatic rings. The number of nitrogens with two attached hydrogens (primary N) is 1. The summed E-state index contributed by atoms with van der Waals surface area (Å²) in [5, 5.41) is 5.26. The Bertz CT molecular complexity index is 750. The number of halogens is 1. The Morgan fingerprint density at radius 2 is 1.83 bits per heavy atom. The van der Waals surface area contributed by atoms with E-state index in [1.165, 1.54) is 0 Å². The number of hydrogen-bond acceptors (Lipinski definition) is 3. The van der Waals surface area contributed by atoms with Crippen LogP contribution in [0.25, 0.3) is 0 Å². The lowest BCUT2D eigenvalue weighted by molar-refractivity contribution is -0.116. The predicted molar refractivity (Wildman–Crippen MR) is 97.3 cm³/mol. The highest BCUT2D eigenvalue weighted by atomic mass is 79.9. The summed E-state index contributed by atoms with van der Waals surface area (Å²) in [6, 6.07) is 11.9. The number of urea groups is 1. The number of rotatable bonds is 6. The third kappa shape index (κ3) is 5.27. The van der Waals surface area contributed by atoms with Crippen molar-refractivity contribution in [3.05, 3.63) is 52.5 Å². The zero-order valence-corrected chi connectivity index (χ0v) is 14.7. The molecule has 2 aromatic carbocycles. The van der Waals surface area contributed by atoms with Gasteiger partial charge in [-0.25, -0.2) is 4.79 Å². The van der Waals surface area contributed by atoms with Crippen molar-refractivity contribution in [1.82, 2.24) is 0 Å². The Kier molecular flexibility index (Phi) is 6.20. The highest BCUT2D eigenvalue weighted by Gasteiger charge is 2.06. The monoisotopic (exact) mass is 391 g/mol. The van der Waals surface area contributed by atoms with E-state index in [1.807, 2.05) is 18.2 Å². The van der Waals surface area contributed by atoms with E-state index in [0.717, 1.165) is 15.8 Å². The van der Waals surface area contributed by atoms with Crippen molar-refractivity contribution in [2.75, 3.05) is 17.7 Å². The number of methoxy groups -OCH3 is 1. The first-order valence-corrected chi connectivity index (χ1v) is 8.06. The summed E-state index contributed by atoms with van der Waals surface area (Å²) in [6.07, 6.45) is 0.944. The number of hydrogen-bond donors (Lipinski definition) is 3. The Labute approximate surface area is 148 Å². The van der Waals surface area contributed by atoms with Crippen molar-refractivity contribution in [1.29, 1.82) is 0 Å². The molecule has 0 unspecified atom stereocenters. The van der Waals surface area contributed by atoms with Crippen LogP contribution < -0.4 is 21.1 Å². The van der Waals surface area contributed by atoms with Crippen LogP contribution in [0.5, 0.6) is 5.75 Å². The van der Waals surface area contributed by atoms with Gasteiger partial charge in [0.1, 0.15) is 5.75 Å². The summed E-state index contributed by atoms with van der Waals surface area (Å²) in [5.41, 5.74) is 7.23. The third-order valence-corrected chi connectivity index (χ3v) is 3.89. The molecule has 0 bridgehead atoms. The standard InChI is InChI=1S/C17H18BrN3O3/c1-24-15-7-5-11(9-14(15)18)6-8-16(22)20-12-3-2-4-13(10-12)21-17(19)23/h2-5,7,9-10H,6,8H2,1H3,(H,20,22)(H3,19,21,23). The largest absolute Gasteiger partial charge is 0.496 e. The Morgan fingerprint density at radius 3 is 2.46 bits per heavy atom. The molecule has 0 radical (unpaired) electrons. The number of primary amides is 1. The molecular weight excluding hydrogens is 374 g/mol. The van der Waals surface area contributed by atoms with Gasteiger partial charge in [0.15, 0.2) is 0 Å². The lowest BCUT2D eigenvalue weighted by Crippen LogP contribution is -2.19. The summed E-state index contributed by atoms with van der Waals surface area (Å²) in [4.78, 5) is 22.9. The van der Waals surface area contributed by atoms with Crippen LogP contribution in [0.4, 0.5) is 16.2 Å². The molecule has 0 aliphatic heterocycles. The molecule has 0 atom stereocenters. The Hall–Kier alpha value is -2.54. The van der Waals surface area contributed by atoms with Gasteiger partial charge in [-0.05, 0) is 58.2 Å². The number of carbonyl (C=O) groups is 2. The van der Waals surface area contributed by atoms with Crippen LogP contribution in [0, 0.1) is 0 Å². The fourth-order valence-electron chi connectivity index (χ4n) is 2.16. The molecule has 126 valence electrons. The molecule has 4 N–H and O–H groups in total. The summed E-state index contributed by atoms with van der Waals surface area (Å²) < 4.78 is 6.03. The maximum Gasteiger partial charge on any atom is 0.316 e. The zero-order chi connectivity index (χ0) is 17.5. The van der Waals surface area contributed by atoms with Crippen LogP contribution in [0.2, 0.25) is 0 Å². The molecule has 2 rings (SSSR count). The van der Waals surface area contributed by atoms with Crippen LogP contribution >= 0.6 is 15.9 Å². The molecule has 0 heterocycles. The lowest BCUT2D eigenvalue weighted by atomic mass is 10.1. The zero-order valence-electron chi connectivity index (χ0n) is 13.1. The van der Waals surface area contributed by atoms with E-state index in [0.29, 0.717) is 24.2 Å². The van der Waals surface area contributed by atoms with Crippen molar-refractivity contribution in [3.8, 4) is 5.75 Å². The quantitative estimate of drug-likeness (QED) is 0.702. The Morgan fingerprint density at radius 1 is 1.12 bits per heavy atom. The molecule has 0 aromatic heterocycles. The second-order valence-electron chi connectivity index (χ2n) is 5.09. The smallest absolute Gasteiger partial charge is 0.316 e. The second kappa shape index (κ2) is 8.35. The minimum Gasteiger partial charge on any atom is -0.496 e. The summed E-state index contributed by atoms with van der Waals surface area (Å²) >= 11 is 3.43. The summed E-state index contributed by atoms with van der Waals surface area (Å²) in [5.74, 6) is 0.639. The number of aryl methyl sites for hydroxylation is 1. The maximum atomic E-state index is 12.1. The van der Waals surface area contributed by atoms with Gasteiger partial charge < -0.3 is 21.1 Å². The molecule has 0 aliphatic carbocycles. The summed E-state index contributed by atoms with van der Waals surface area (Å²) in [7, 11) is 1.61. The fourth-order valence-corrected chi connectivity index (χ4v) is 2.75. The number of ether oxygens (including phenoxy) is 1. The van der Waals surface area contributed by atoms with Crippen LogP contribution in [0.15, 0.2) is 46.9 Å². The topological polar surface area (TPSA) is 93.4 Å². The van der Waals surface area contributed by atoms with E-state index in [-0.39, 0.29) is 5.91 Å². The van der Waals surface area contributed by atoms with Crippen LogP contribution in [-0.4, -0.2) is 19.0 Å². The van der Waals surface area contributed by atoms with Crippen LogP contribution in [0.3, 0.4) is 0 Å². The molecule has 0 spiro atoms.